The number of aliphatic hydroxyl groups is 1. The maximum atomic E-state index is 12.6. The van der Waals surface area contributed by atoms with E-state index in [0.717, 1.165) is 44.9 Å². The topological polar surface area (TPSA) is 89.2 Å². The van der Waals surface area contributed by atoms with E-state index in [9.17, 15) is 9.59 Å². The highest BCUT2D eigenvalue weighted by atomic mass is 16.3. The van der Waals surface area contributed by atoms with Crippen LogP contribution in [0.25, 0.3) is 0 Å². The third-order valence-electron chi connectivity index (χ3n) is 4.48. The van der Waals surface area contributed by atoms with Crippen LogP contribution in [-0.4, -0.2) is 32.6 Å². The van der Waals surface area contributed by atoms with Crippen LogP contribution in [0, 0.1) is 0 Å². The molecule has 0 fully saturated rings. The molecule has 1 heterocycles. The molecule has 1 aromatic rings. The number of hydrogen-bond donors (Lipinski definition) is 2. The third-order valence-corrected chi connectivity index (χ3v) is 4.48. The van der Waals surface area contributed by atoms with Crippen LogP contribution in [-0.2, 0) is 13.1 Å². The Bertz CT molecular complexity index is 610. The average Bonchev–Trinajstić information content (AvgIpc) is 2.64. The molecule has 7 nitrogen and oxygen atoms in total. The van der Waals surface area contributed by atoms with Crippen LogP contribution >= 0.6 is 0 Å². The summed E-state index contributed by atoms with van der Waals surface area (Å²) in [5.41, 5.74) is -0.711. The van der Waals surface area contributed by atoms with Crippen LogP contribution in [0.2, 0.25) is 0 Å². The molecular formula is C19H36N4O3. The lowest BCUT2D eigenvalue weighted by atomic mass is 10.1. The van der Waals surface area contributed by atoms with Crippen molar-refractivity contribution in [1.29, 1.82) is 0 Å². The number of rotatable bonds is 15. The van der Waals surface area contributed by atoms with Gasteiger partial charge in [-0.3, -0.25) is 9.36 Å². The first-order chi connectivity index (χ1) is 12.7. The predicted octanol–water partition coefficient (Wildman–Crippen LogP) is 2.75. The first kappa shape index (κ1) is 22.4. The van der Waals surface area contributed by atoms with Gasteiger partial charge in [-0.2, -0.15) is 0 Å². The molecule has 1 aromatic heterocycles. The van der Waals surface area contributed by atoms with Crippen LogP contribution in [0.4, 0.5) is 5.82 Å². The van der Waals surface area contributed by atoms with E-state index in [0.29, 0.717) is 13.1 Å². The highest BCUT2D eigenvalue weighted by Gasteiger charge is 2.12. The summed E-state index contributed by atoms with van der Waals surface area (Å²) in [6, 6.07) is 0. The average molecular weight is 369 g/mol. The number of hydrogen-bond acceptors (Lipinski definition) is 5. The lowest BCUT2D eigenvalue weighted by Gasteiger charge is -2.12. The van der Waals surface area contributed by atoms with Gasteiger partial charge in [0, 0.05) is 19.6 Å². The largest absolute Gasteiger partial charge is 0.395 e. The normalized spacial score (nSPS) is 11.0. The molecule has 0 aliphatic heterocycles. The van der Waals surface area contributed by atoms with Gasteiger partial charge in [0.15, 0.2) is 0 Å². The monoisotopic (exact) mass is 368 g/mol. The smallest absolute Gasteiger partial charge is 0.347 e. The second-order valence-electron chi connectivity index (χ2n) is 6.79. The fraction of sp³-hybridized carbons (Fsp3) is 0.842. The Balaban J connectivity index is 2.85. The summed E-state index contributed by atoms with van der Waals surface area (Å²) in [5, 5.41) is 16.0. The highest BCUT2D eigenvalue weighted by molar-refractivity contribution is 5.29. The van der Waals surface area contributed by atoms with Crippen LogP contribution in [0.5, 0.6) is 0 Å². The molecule has 7 heteroatoms. The number of nitrogens with one attached hydrogen (secondary N) is 1. The molecule has 26 heavy (non-hydrogen) atoms. The van der Waals surface area contributed by atoms with E-state index < -0.39 is 0 Å². The summed E-state index contributed by atoms with van der Waals surface area (Å²) in [5.74, 6) is 0.153. The number of aryl methyl sites for hydroxylation is 1. The fourth-order valence-electron chi connectivity index (χ4n) is 2.93. The molecule has 0 saturated heterocycles. The minimum Gasteiger partial charge on any atom is -0.395 e. The summed E-state index contributed by atoms with van der Waals surface area (Å²) >= 11 is 0. The van der Waals surface area contributed by atoms with Crippen molar-refractivity contribution in [3.8, 4) is 0 Å². The van der Waals surface area contributed by atoms with E-state index in [1.807, 2.05) is 0 Å². The van der Waals surface area contributed by atoms with E-state index in [2.05, 4.69) is 24.3 Å². The molecule has 0 aliphatic carbocycles. The maximum Gasteiger partial charge on any atom is 0.347 e. The molecule has 0 radical (unpaired) electrons. The first-order valence-electron chi connectivity index (χ1n) is 10.2. The van der Waals surface area contributed by atoms with Gasteiger partial charge in [-0.25, -0.2) is 9.48 Å². The van der Waals surface area contributed by atoms with E-state index in [1.165, 1.54) is 28.5 Å². The van der Waals surface area contributed by atoms with Gasteiger partial charge in [0.05, 0.1) is 6.61 Å². The van der Waals surface area contributed by atoms with Gasteiger partial charge in [0.25, 0.3) is 5.56 Å². The van der Waals surface area contributed by atoms with Gasteiger partial charge < -0.3 is 10.4 Å². The van der Waals surface area contributed by atoms with Crippen molar-refractivity contribution in [2.24, 2.45) is 0 Å². The van der Waals surface area contributed by atoms with Crippen molar-refractivity contribution in [3.63, 3.8) is 0 Å². The second kappa shape index (κ2) is 13.6. The lowest BCUT2D eigenvalue weighted by molar-refractivity contribution is 0.310. The van der Waals surface area contributed by atoms with Crippen molar-refractivity contribution in [3.05, 3.63) is 20.8 Å². The summed E-state index contributed by atoms with van der Waals surface area (Å²) in [6.45, 7) is 5.43. The Morgan fingerprint density at radius 3 is 2.04 bits per heavy atom. The number of aromatic nitrogens is 3. The molecular weight excluding hydrogens is 332 g/mol. The summed E-state index contributed by atoms with van der Waals surface area (Å²) in [7, 11) is 0. The molecule has 0 atom stereocenters. The molecule has 1 rings (SSSR count). The SMILES string of the molecule is CCCCCCCn1nc(NCCO)c(=O)n(CCCCCCC)c1=O. The van der Waals surface area contributed by atoms with Gasteiger partial charge in [-0.05, 0) is 12.8 Å². The van der Waals surface area contributed by atoms with Crippen molar-refractivity contribution in [2.45, 2.75) is 91.1 Å². The third kappa shape index (κ3) is 7.72. The van der Waals surface area contributed by atoms with E-state index in [1.54, 1.807) is 0 Å². The maximum absolute atomic E-state index is 12.6. The zero-order valence-electron chi connectivity index (χ0n) is 16.5. The molecule has 0 amide bonds. The van der Waals surface area contributed by atoms with Gasteiger partial charge in [-0.15, -0.1) is 5.10 Å². The van der Waals surface area contributed by atoms with E-state index >= 15 is 0 Å². The van der Waals surface area contributed by atoms with Crippen molar-refractivity contribution in [1.82, 2.24) is 14.3 Å². The highest BCUT2D eigenvalue weighted by Crippen LogP contribution is 2.05. The minimum absolute atomic E-state index is 0.0890. The molecule has 0 bridgehead atoms. The van der Waals surface area contributed by atoms with Crippen LogP contribution < -0.4 is 16.6 Å². The number of nitrogens with zero attached hydrogens (tertiary/aromatic N) is 3. The predicted molar refractivity (Wildman–Crippen MR) is 106 cm³/mol. The van der Waals surface area contributed by atoms with Gasteiger partial charge in [0.2, 0.25) is 5.82 Å². The Kier molecular flexibility index (Phi) is 11.7. The second-order valence-corrected chi connectivity index (χ2v) is 6.79. The molecule has 0 saturated carbocycles. The quantitative estimate of drug-likeness (QED) is 0.465. The molecule has 0 unspecified atom stereocenters. The summed E-state index contributed by atoms with van der Waals surface area (Å²) in [6.07, 6.45) is 10.7. The standard InChI is InChI=1S/C19H36N4O3/c1-3-5-7-9-11-14-22-18(25)17(20-13-16-24)21-23(19(22)26)15-12-10-8-6-4-2/h24H,3-16H2,1-2H3,(H,20,21). The van der Waals surface area contributed by atoms with Gasteiger partial charge >= 0.3 is 5.69 Å². The lowest BCUT2D eigenvalue weighted by Crippen LogP contribution is -2.43. The van der Waals surface area contributed by atoms with E-state index in [-0.39, 0.29) is 30.2 Å². The van der Waals surface area contributed by atoms with Crippen molar-refractivity contribution < 1.29 is 5.11 Å². The minimum atomic E-state index is -0.388. The molecule has 0 aromatic carbocycles. The van der Waals surface area contributed by atoms with Crippen LogP contribution in [0.1, 0.15) is 78.1 Å². The molecule has 0 aliphatic rings. The molecule has 0 spiro atoms. The zero-order valence-corrected chi connectivity index (χ0v) is 16.5. The summed E-state index contributed by atoms with van der Waals surface area (Å²) < 4.78 is 2.70. The summed E-state index contributed by atoms with van der Waals surface area (Å²) in [4.78, 5) is 25.2. The number of aliphatic hydroxyl groups excluding tert-OH is 1. The number of anilines is 1. The Hall–Kier alpha value is -1.63. The molecule has 150 valence electrons. The van der Waals surface area contributed by atoms with Crippen molar-refractivity contribution >= 4 is 5.82 Å². The number of unbranched alkanes of at least 4 members (excludes halogenated alkanes) is 8. The van der Waals surface area contributed by atoms with E-state index in [4.69, 9.17) is 5.11 Å². The Morgan fingerprint density at radius 2 is 1.46 bits per heavy atom. The van der Waals surface area contributed by atoms with Gasteiger partial charge in [0.1, 0.15) is 0 Å². The van der Waals surface area contributed by atoms with Crippen LogP contribution in [0.15, 0.2) is 9.59 Å². The Labute approximate surface area is 156 Å². The first-order valence-corrected chi connectivity index (χ1v) is 10.2. The molecule has 2 N–H and O–H groups in total. The fourth-order valence-corrected chi connectivity index (χ4v) is 2.93. The van der Waals surface area contributed by atoms with Gasteiger partial charge in [-0.1, -0.05) is 65.2 Å². The Morgan fingerprint density at radius 1 is 0.885 bits per heavy atom. The zero-order chi connectivity index (χ0) is 19.2. The van der Waals surface area contributed by atoms with Crippen LogP contribution in [0.3, 0.4) is 0 Å². The van der Waals surface area contributed by atoms with Crippen molar-refractivity contribution in [2.75, 3.05) is 18.5 Å².